The molecule has 1 aromatic carbocycles. The van der Waals surface area contributed by atoms with Crippen LogP contribution in [0.4, 0.5) is 0 Å². The Morgan fingerprint density at radius 2 is 2.25 bits per heavy atom. The van der Waals surface area contributed by atoms with Crippen molar-refractivity contribution in [1.82, 2.24) is 5.32 Å². The van der Waals surface area contributed by atoms with Crippen LogP contribution in [0.5, 0.6) is 0 Å². The van der Waals surface area contributed by atoms with Gasteiger partial charge >= 0.3 is 0 Å². The van der Waals surface area contributed by atoms with Crippen molar-refractivity contribution >= 4 is 29.3 Å². The van der Waals surface area contributed by atoms with Crippen molar-refractivity contribution in [2.24, 2.45) is 0 Å². The van der Waals surface area contributed by atoms with E-state index < -0.39 is 0 Å². The summed E-state index contributed by atoms with van der Waals surface area (Å²) in [6.07, 6.45) is 2.16. The van der Waals surface area contributed by atoms with Crippen LogP contribution in [-0.4, -0.2) is 18.2 Å². The number of carbonyl (C=O) groups is 1. The summed E-state index contributed by atoms with van der Waals surface area (Å²) in [6, 6.07) is 7.63. The molecule has 0 spiro atoms. The zero-order valence-corrected chi connectivity index (χ0v) is 10.5. The van der Waals surface area contributed by atoms with Gasteiger partial charge in [0.25, 0.3) is 0 Å². The largest absolute Gasteiger partial charge is 0.353 e. The molecule has 0 atom stereocenters. The molecule has 0 saturated carbocycles. The van der Waals surface area contributed by atoms with Gasteiger partial charge in [0.2, 0.25) is 5.91 Å². The molecule has 0 aliphatic rings. The van der Waals surface area contributed by atoms with Crippen LogP contribution in [0.3, 0.4) is 0 Å². The highest BCUT2D eigenvalue weighted by atomic mass is 35.5. The molecular formula is C12H14ClNOS. The van der Waals surface area contributed by atoms with Crippen LogP contribution >= 0.6 is 23.4 Å². The third-order valence-corrected chi connectivity index (χ3v) is 3.38. The average molecular weight is 256 g/mol. The third-order valence-electron chi connectivity index (χ3n) is 1.87. The van der Waals surface area contributed by atoms with Gasteiger partial charge in [-0.1, -0.05) is 29.8 Å². The van der Waals surface area contributed by atoms with E-state index in [0.29, 0.717) is 13.0 Å². The summed E-state index contributed by atoms with van der Waals surface area (Å²) >= 11 is 7.58. The lowest BCUT2D eigenvalue weighted by molar-refractivity contribution is -0.120. The van der Waals surface area contributed by atoms with Crippen molar-refractivity contribution in [3.8, 4) is 0 Å². The van der Waals surface area contributed by atoms with E-state index in [1.54, 1.807) is 17.8 Å². The van der Waals surface area contributed by atoms with E-state index in [2.05, 4.69) is 11.9 Å². The van der Waals surface area contributed by atoms with Gasteiger partial charge in [-0.25, -0.2) is 0 Å². The van der Waals surface area contributed by atoms with Crippen molar-refractivity contribution in [3.63, 3.8) is 0 Å². The monoisotopic (exact) mass is 255 g/mol. The second-order valence-electron chi connectivity index (χ2n) is 3.12. The predicted molar refractivity (Wildman–Crippen MR) is 70.0 cm³/mol. The first-order valence-corrected chi connectivity index (χ1v) is 6.35. The highest BCUT2D eigenvalue weighted by molar-refractivity contribution is 7.99. The van der Waals surface area contributed by atoms with Gasteiger partial charge in [0, 0.05) is 23.6 Å². The first-order valence-electron chi connectivity index (χ1n) is 4.99. The fourth-order valence-corrected chi connectivity index (χ4v) is 2.28. The van der Waals surface area contributed by atoms with Crippen LogP contribution in [-0.2, 0) is 4.79 Å². The van der Waals surface area contributed by atoms with Crippen molar-refractivity contribution in [2.75, 3.05) is 12.3 Å². The lowest BCUT2D eigenvalue weighted by atomic mass is 10.4. The predicted octanol–water partition coefficient (Wildman–Crippen LogP) is 3.12. The number of halogens is 1. The maximum atomic E-state index is 11.3. The Balaban J connectivity index is 2.28. The molecule has 0 unspecified atom stereocenters. The van der Waals surface area contributed by atoms with Crippen molar-refractivity contribution in [3.05, 3.63) is 41.9 Å². The zero-order chi connectivity index (χ0) is 11.8. The van der Waals surface area contributed by atoms with Crippen molar-refractivity contribution in [1.29, 1.82) is 0 Å². The second kappa shape index (κ2) is 7.36. The Bertz CT molecular complexity index is 368. The summed E-state index contributed by atoms with van der Waals surface area (Å²) in [6.45, 7) is 4.06. The number of nitrogens with one attached hydrogen (secondary N) is 1. The fraction of sp³-hybridized carbons (Fsp3) is 0.250. The van der Waals surface area contributed by atoms with E-state index in [9.17, 15) is 4.79 Å². The molecule has 4 heteroatoms. The molecule has 2 nitrogen and oxygen atoms in total. The third kappa shape index (κ3) is 4.73. The Labute approximate surface area is 105 Å². The fourth-order valence-electron chi connectivity index (χ4n) is 1.09. The van der Waals surface area contributed by atoms with Gasteiger partial charge in [-0.2, -0.15) is 0 Å². The van der Waals surface area contributed by atoms with E-state index >= 15 is 0 Å². The molecular weight excluding hydrogens is 242 g/mol. The highest BCUT2D eigenvalue weighted by Crippen LogP contribution is 2.26. The summed E-state index contributed by atoms with van der Waals surface area (Å²) in [5.41, 5.74) is 0. The SMILES string of the molecule is C=CCNC(=O)CCSc1ccccc1Cl. The lowest BCUT2D eigenvalue weighted by Gasteiger charge is -2.04. The molecule has 1 rings (SSSR count). The van der Waals surface area contributed by atoms with Crippen molar-refractivity contribution in [2.45, 2.75) is 11.3 Å². The summed E-state index contributed by atoms with van der Waals surface area (Å²) in [5.74, 6) is 0.770. The molecule has 0 radical (unpaired) electrons. The van der Waals surface area contributed by atoms with Gasteiger partial charge in [-0.15, -0.1) is 18.3 Å². The molecule has 0 aliphatic heterocycles. The molecule has 1 amide bonds. The van der Waals surface area contributed by atoms with Crippen LogP contribution in [0, 0.1) is 0 Å². The second-order valence-corrected chi connectivity index (χ2v) is 4.67. The molecule has 16 heavy (non-hydrogen) atoms. The number of amides is 1. The topological polar surface area (TPSA) is 29.1 Å². The molecule has 0 bridgehead atoms. The quantitative estimate of drug-likeness (QED) is 0.625. The van der Waals surface area contributed by atoms with E-state index in [1.165, 1.54) is 0 Å². The summed E-state index contributed by atoms with van der Waals surface area (Å²) in [5, 5.41) is 3.47. The number of hydrogen-bond donors (Lipinski definition) is 1. The number of benzene rings is 1. The Morgan fingerprint density at radius 3 is 2.94 bits per heavy atom. The summed E-state index contributed by atoms with van der Waals surface area (Å²) in [7, 11) is 0. The van der Waals surface area contributed by atoms with Gasteiger partial charge < -0.3 is 5.32 Å². The molecule has 0 heterocycles. The number of hydrogen-bond acceptors (Lipinski definition) is 2. The van der Waals surface area contributed by atoms with E-state index in [1.807, 2.05) is 24.3 Å². The average Bonchev–Trinajstić information content (AvgIpc) is 2.29. The molecule has 1 aromatic rings. The van der Waals surface area contributed by atoms with Crippen LogP contribution < -0.4 is 5.32 Å². The standard InChI is InChI=1S/C12H14ClNOS/c1-2-8-14-12(15)7-9-16-11-6-4-3-5-10(11)13/h2-6H,1,7-9H2,(H,14,15). The minimum Gasteiger partial charge on any atom is -0.353 e. The highest BCUT2D eigenvalue weighted by Gasteiger charge is 2.02. The van der Waals surface area contributed by atoms with Crippen LogP contribution in [0.1, 0.15) is 6.42 Å². The van der Waals surface area contributed by atoms with Crippen LogP contribution in [0.25, 0.3) is 0 Å². The van der Waals surface area contributed by atoms with E-state index in [-0.39, 0.29) is 5.91 Å². The van der Waals surface area contributed by atoms with Crippen LogP contribution in [0.2, 0.25) is 5.02 Å². The first kappa shape index (κ1) is 13.1. The zero-order valence-electron chi connectivity index (χ0n) is 8.91. The normalized spacial score (nSPS) is 9.81. The molecule has 0 fully saturated rings. The van der Waals surface area contributed by atoms with Crippen LogP contribution in [0.15, 0.2) is 41.8 Å². The summed E-state index contributed by atoms with van der Waals surface area (Å²) < 4.78 is 0. The minimum atomic E-state index is 0.0412. The van der Waals surface area contributed by atoms with Gasteiger partial charge in [0.1, 0.15) is 0 Å². The molecule has 0 aromatic heterocycles. The number of carbonyl (C=O) groups excluding carboxylic acids is 1. The van der Waals surface area contributed by atoms with Gasteiger partial charge in [0.15, 0.2) is 0 Å². The Kier molecular flexibility index (Phi) is 6.04. The Hall–Kier alpha value is -0.930. The first-order chi connectivity index (χ1) is 7.74. The summed E-state index contributed by atoms with van der Waals surface area (Å²) in [4.78, 5) is 12.3. The molecule has 1 N–H and O–H groups in total. The van der Waals surface area contributed by atoms with E-state index in [0.717, 1.165) is 15.7 Å². The maximum Gasteiger partial charge on any atom is 0.221 e. The van der Waals surface area contributed by atoms with Crippen molar-refractivity contribution < 1.29 is 4.79 Å². The lowest BCUT2D eigenvalue weighted by Crippen LogP contribution is -2.23. The minimum absolute atomic E-state index is 0.0412. The maximum absolute atomic E-state index is 11.3. The molecule has 86 valence electrons. The molecule has 0 aliphatic carbocycles. The smallest absolute Gasteiger partial charge is 0.221 e. The van der Waals surface area contributed by atoms with E-state index in [4.69, 9.17) is 11.6 Å². The Morgan fingerprint density at radius 1 is 1.50 bits per heavy atom. The number of rotatable bonds is 6. The van der Waals surface area contributed by atoms with Gasteiger partial charge in [0.05, 0.1) is 5.02 Å². The van der Waals surface area contributed by atoms with Gasteiger partial charge in [-0.3, -0.25) is 4.79 Å². The number of thioether (sulfide) groups is 1. The molecule has 0 saturated heterocycles. The van der Waals surface area contributed by atoms with Gasteiger partial charge in [-0.05, 0) is 12.1 Å².